The van der Waals surface area contributed by atoms with Gasteiger partial charge >= 0.3 is 0 Å². The van der Waals surface area contributed by atoms with Crippen LogP contribution in [0.2, 0.25) is 0 Å². The van der Waals surface area contributed by atoms with E-state index in [0.29, 0.717) is 29.2 Å². The van der Waals surface area contributed by atoms with Gasteiger partial charge in [0.25, 0.3) is 5.91 Å². The summed E-state index contributed by atoms with van der Waals surface area (Å²) in [6, 6.07) is 16.9. The van der Waals surface area contributed by atoms with E-state index in [2.05, 4.69) is 5.16 Å². The zero-order valence-corrected chi connectivity index (χ0v) is 16.9. The largest absolute Gasteiger partial charge is 0.497 e. The molecule has 154 valence electrons. The lowest BCUT2D eigenvalue weighted by Crippen LogP contribution is -2.65. The van der Waals surface area contributed by atoms with Crippen LogP contribution in [0, 0.1) is 12.3 Å². The molecule has 0 aliphatic carbocycles. The fourth-order valence-electron chi connectivity index (χ4n) is 3.93. The van der Waals surface area contributed by atoms with E-state index in [1.165, 1.54) is 0 Å². The predicted molar refractivity (Wildman–Crippen MR) is 111 cm³/mol. The highest BCUT2D eigenvalue weighted by Gasteiger charge is 2.50. The van der Waals surface area contributed by atoms with Crippen molar-refractivity contribution in [2.75, 3.05) is 20.2 Å². The molecule has 1 aliphatic rings. The van der Waals surface area contributed by atoms with Crippen molar-refractivity contribution in [2.45, 2.75) is 13.3 Å². The summed E-state index contributed by atoms with van der Waals surface area (Å²) in [6.45, 7) is 2.21. The minimum Gasteiger partial charge on any atom is -0.497 e. The van der Waals surface area contributed by atoms with Gasteiger partial charge in [-0.2, -0.15) is 0 Å². The number of hydrogen-bond acceptors (Lipinski definition) is 5. The molecule has 0 unspecified atom stereocenters. The van der Waals surface area contributed by atoms with Gasteiger partial charge in [-0.25, -0.2) is 0 Å². The Kier molecular flexibility index (Phi) is 5.03. The Morgan fingerprint density at radius 1 is 1.17 bits per heavy atom. The molecule has 0 radical (unpaired) electrons. The van der Waals surface area contributed by atoms with Crippen LogP contribution in [0.3, 0.4) is 0 Å². The first-order valence-corrected chi connectivity index (χ1v) is 9.67. The maximum atomic E-state index is 13.2. The fourth-order valence-corrected chi connectivity index (χ4v) is 3.93. The minimum atomic E-state index is -0.806. The molecule has 30 heavy (non-hydrogen) atoms. The standard InChI is InChI=1S/C23H23N3O4/c1-15-19(20(25-30-15)17-8-4-3-5-9-17)21(27)26-13-23(14-26,22(24)28)12-16-7-6-10-18(11-16)29-2/h3-11H,12-14H2,1-2H3,(H2,24,28). The number of nitrogens with two attached hydrogens (primary N) is 1. The average Bonchev–Trinajstić information content (AvgIpc) is 3.12. The first-order valence-electron chi connectivity index (χ1n) is 9.67. The quantitative estimate of drug-likeness (QED) is 0.680. The molecule has 4 rings (SSSR count). The number of rotatable bonds is 6. The van der Waals surface area contributed by atoms with Gasteiger partial charge in [-0.15, -0.1) is 0 Å². The van der Waals surface area contributed by atoms with Crippen molar-refractivity contribution < 1.29 is 18.8 Å². The summed E-state index contributed by atoms with van der Waals surface area (Å²) in [7, 11) is 1.60. The molecule has 0 bridgehead atoms. The Bertz CT molecular complexity index is 1080. The highest BCUT2D eigenvalue weighted by Crippen LogP contribution is 2.37. The molecule has 7 nitrogen and oxygen atoms in total. The molecular weight excluding hydrogens is 382 g/mol. The van der Waals surface area contributed by atoms with Gasteiger partial charge in [0.15, 0.2) is 0 Å². The number of aryl methyl sites for hydroxylation is 1. The summed E-state index contributed by atoms with van der Waals surface area (Å²) < 4.78 is 10.6. The summed E-state index contributed by atoms with van der Waals surface area (Å²) in [5.74, 6) is 0.532. The number of primary amides is 1. The fraction of sp³-hybridized carbons (Fsp3) is 0.261. The van der Waals surface area contributed by atoms with Crippen LogP contribution in [-0.4, -0.2) is 42.1 Å². The number of carbonyl (C=O) groups excluding carboxylic acids is 2. The van der Waals surface area contributed by atoms with E-state index in [0.717, 1.165) is 11.1 Å². The summed E-state index contributed by atoms with van der Waals surface area (Å²) in [5, 5.41) is 4.08. The molecule has 1 fully saturated rings. The van der Waals surface area contributed by atoms with Crippen molar-refractivity contribution in [3.8, 4) is 17.0 Å². The van der Waals surface area contributed by atoms with E-state index in [4.69, 9.17) is 15.0 Å². The number of carbonyl (C=O) groups is 2. The van der Waals surface area contributed by atoms with Gasteiger partial charge in [0, 0.05) is 18.7 Å². The van der Waals surface area contributed by atoms with Crippen LogP contribution in [0.4, 0.5) is 0 Å². The van der Waals surface area contributed by atoms with Crippen molar-refractivity contribution in [3.63, 3.8) is 0 Å². The van der Waals surface area contributed by atoms with E-state index in [-0.39, 0.29) is 19.0 Å². The molecule has 7 heteroatoms. The third-order valence-electron chi connectivity index (χ3n) is 5.60. The zero-order chi connectivity index (χ0) is 21.3. The van der Waals surface area contributed by atoms with Crippen LogP contribution < -0.4 is 10.5 Å². The number of nitrogens with zero attached hydrogens (tertiary/aromatic N) is 2. The smallest absolute Gasteiger partial charge is 0.259 e. The number of amides is 2. The summed E-state index contributed by atoms with van der Waals surface area (Å²) in [4.78, 5) is 27.1. The number of ether oxygens (including phenoxy) is 1. The van der Waals surface area contributed by atoms with E-state index in [1.54, 1.807) is 18.9 Å². The number of hydrogen-bond donors (Lipinski definition) is 1. The van der Waals surface area contributed by atoms with Gasteiger partial charge in [0.05, 0.1) is 12.5 Å². The topological polar surface area (TPSA) is 98.7 Å². The summed E-state index contributed by atoms with van der Waals surface area (Å²) in [6.07, 6.45) is 0.442. The predicted octanol–water partition coefficient (Wildman–Crippen LogP) is 2.83. The Labute approximate surface area is 174 Å². The third-order valence-corrected chi connectivity index (χ3v) is 5.60. The third kappa shape index (κ3) is 3.43. The van der Waals surface area contributed by atoms with Crippen LogP contribution in [0.5, 0.6) is 5.75 Å². The molecule has 0 spiro atoms. The molecule has 3 aromatic rings. The second kappa shape index (κ2) is 7.67. The Morgan fingerprint density at radius 3 is 2.57 bits per heavy atom. The second-order valence-corrected chi connectivity index (χ2v) is 7.66. The van der Waals surface area contributed by atoms with Crippen molar-refractivity contribution in [1.29, 1.82) is 0 Å². The van der Waals surface area contributed by atoms with Gasteiger partial charge in [-0.05, 0) is 31.0 Å². The molecule has 1 aromatic heterocycles. The van der Waals surface area contributed by atoms with Crippen LogP contribution in [0.25, 0.3) is 11.3 Å². The first-order chi connectivity index (χ1) is 14.4. The SMILES string of the molecule is COc1cccc(CC2(C(N)=O)CN(C(=O)c3c(-c4ccccc4)noc3C)C2)c1. The normalized spacial score (nSPS) is 14.8. The van der Waals surface area contributed by atoms with Crippen LogP contribution in [-0.2, 0) is 11.2 Å². The van der Waals surface area contributed by atoms with Gasteiger partial charge in [0.1, 0.15) is 22.8 Å². The average molecular weight is 405 g/mol. The molecule has 1 aliphatic heterocycles. The Morgan fingerprint density at radius 2 is 1.90 bits per heavy atom. The van der Waals surface area contributed by atoms with Crippen molar-refractivity contribution in [3.05, 3.63) is 71.5 Å². The lowest BCUT2D eigenvalue weighted by molar-refractivity contribution is -0.135. The highest BCUT2D eigenvalue weighted by molar-refractivity contribution is 6.02. The van der Waals surface area contributed by atoms with E-state index >= 15 is 0 Å². The van der Waals surface area contributed by atoms with E-state index < -0.39 is 11.3 Å². The molecule has 0 saturated carbocycles. The molecule has 2 amide bonds. The van der Waals surface area contributed by atoms with Crippen molar-refractivity contribution >= 4 is 11.8 Å². The second-order valence-electron chi connectivity index (χ2n) is 7.66. The molecule has 2 N–H and O–H groups in total. The lowest BCUT2D eigenvalue weighted by atomic mass is 9.73. The zero-order valence-electron chi connectivity index (χ0n) is 16.9. The minimum absolute atomic E-state index is 0.213. The maximum Gasteiger partial charge on any atom is 0.259 e. The van der Waals surface area contributed by atoms with Gasteiger partial charge < -0.3 is 19.9 Å². The molecule has 1 saturated heterocycles. The van der Waals surface area contributed by atoms with Gasteiger partial charge in [-0.1, -0.05) is 47.6 Å². The monoisotopic (exact) mass is 405 g/mol. The van der Waals surface area contributed by atoms with E-state index in [9.17, 15) is 9.59 Å². The Hall–Kier alpha value is -3.61. The molecule has 2 aromatic carbocycles. The van der Waals surface area contributed by atoms with Crippen LogP contribution in [0.15, 0.2) is 59.1 Å². The first kappa shape index (κ1) is 19.7. The molecule has 2 heterocycles. The van der Waals surface area contributed by atoms with Crippen molar-refractivity contribution in [1.82, 2.24) is 10.1 Å². The summed E-state index contributed by atoms with van der Waals surface area (Å²) in [5.41, 5.74) is 7.60. The number of likely N-dealkylation sites (tertiary alicyclic amines) is 1. The number of benzene rings is 2. The summed E-state index contributed by atoms with van der Waals surface area (Å²) >= 11 is 0. The maximum absolute atomic E-state index is 13.2. The van der Waals surface area contributed by atoms with Crippen LogP contribution in [0.1, 0.15) is 21.7 Å². The van der Waals surface area contributed by atoms with Gasteiger partial charge in [-0.3, -0.25) is 9.59 Å². The highest BCUT2D eigenvalue weighted by atomic mass is 16.5. The van der Waals surface area contributed by atoms with Crippen LogP contribution >= 0.6 is 0 Å². The molecule has 0 atom stereocenters. The van der Waals surface area contributed by atoms with Crippen molar-refractivity contribution in [2.24, 2.45) is 11.1 Å². The van der Waals surface area contributed by atoms with Gasteiger partial charge in [0.2, 0.25) is 5.91 Å². The number of aromatic nitrogens is 1. The Balaban J connectivity index is 1.56. The van der Waals surface area contributed by atoms with E-state index in [1.807, 2.05) is 54.6 Å². The lowest BCUT2D eigenvalue weighted by Gasteiger charge is -2.48. The number of methoxy groups -OCH3 is 1. The molecular formula is C23H23N3O4.